The number of hydrogen-bond acceptors (Lipinski definition) is 5. The van der Waals surface area contributed by atoms with Crippen molar-refractivity contribution in [2.45, 2.75) is 25.3 Å². The molecule has 0 saturated carbocycles. The van der Waals surface area contributed by atoms with Crippen molar-refractivity contribution < 1.29 is 0 Å². The lowest BCUT2D eigenvalue weighted by molar-refractivity contribution is 0.248. The average molecular weight is 286 g/mol. The minimum atomic E-state index is 0.492. The summed E-state index contributed by atoms with van der Waals surface area (Å²) in [6.45, 7) is 2.91. The fourth-order valence-corrected chi connectivity index (χ4v) is 2.81. The molecule has 1 aliphatic heterocycles. The van der Waals surface area contributed by atoms with Gasteiger partial charge in [0.25, 0.3) is 0 Å². The summed E-state index contributed by atoms with van der Waals surface area (Å²) >= 11 is 0. The fourth-order valence-electron chi connectivity index (χ4n) is 2.81. The van der Waals surface area contributed by atoms with E-state index in [1.165, 1.54) is 19.4 Å². The van der Waals surface area contributed by atoms with Gasteiger partial charge < -0.3 is 14.8 Å². The van der Waals surface area contributed by atoms with Crippen molar-refractivity contribution in [2.75, 3.05) is 25.5 Å². The van der Waals surface area contributed by atoms with Gasteiger partial charge in [-0.2, -0.15) is 0 Å². The molecule has 1 fully saturated rings. The molecule has 1 unspecified atom stereocenters. The molecule has 1 atom stereocenters. The van der Waals surface area contributed by atoms with Gasteiger partial charge >= 0.3 is 0 Å². The molecule has 2 aromatic heterocycles. The zero-order valence-electron chi connectivity index (χ0n) is 12.7. The molecule has 6 nitrogen and oxygen atoms in total. The topological polar surface area (TPSA) is 58.9 Å². The summed E-state index contributed by atoms with van der Waals surface area (Å²) in [5.41, 5.74) is 1.09. The van der Waals surface area contributed by atoms with Gasteiger partial charge in [-0.15, -0.1) is 0 Å². The number of likely N-dealkylation sites (tertiary alicyclic amines) is 1. The van der Waals surface area contributed by atoms with Crippen LogP contribution >= 0.6 is 0 Å². The number of nitrogens with zero attached hydrogens (tertiary/aromatic N) is 5. The molecule has 0 aromatic carbocycles. The van der Waals surface area contributed by atoms with E-state index in [9.17, 15) is 0 Å². The predicted octanol–water partition coefficient (Wildman–Crippen LogP) is 1.63. The van der Waals surface area contributed by atoms with E-state index in [2.05, 4.69) is 27.2 Å². The van der Waals surface area contributed by atoms with Gasteiger partial charge in [-0.05, 0) is 26.4 Å². The molecule has 3 rings (SSSR count). The molecule has 1 N–H and O–H groups in total. The van der Waals surface area contributed by atoms with Crippen LogP contribution in [0.25, 0.3) is 0 Å². The summed E-state index contributed by atoms with van der Waals surface area (Å²) in [6.07, 6.45) is 9.85. The van der Waals surface area contributed by atoms with Gasteiger partial charge in [0.2, 0.25) is 0 Å². The van der Waals surface area contributed by atoms with Crippen LogP contribution in [0.2, 0.25) is 0 Å². The normalized spacial score (nSPS) is 19.6. The number of aromatic nitrogens is 4. The van der Waals surface area contributed by atoms with E-state index in [4.69, 9.17) is 4.98 Å². The number of rotatable bonds is 4. The van der Waals surface area contributed by atoms with Gasteiger partial charge in [0.1, 0.15) is 11.6 Å². The molecule has 1 aliphatic rings. The average Bonchev–Trinajstić information content (AvgIpc) is 2.91. The van der Waals surface area contributed by atoms with E-state index < -0.39 is 0 Å². The maximum atomic E-state index is 4.72. The first-order valence-electron chi connectivity index (χ1n) is 7.43. The van der Waals surface area contributed by atoms with Crippen molar-refractivity contribution in [3.63, 3.8) is 0 Å². The van der Waals surface area contributed by atoms with Crippen molar-refractivity contribution >= 4 is 5.82 Å². The van der Waals surface area contributed by atoms with Crippen molar-refractivity contribution in [1.82, 2.24) is 24.4 Å². The van der Waals surface area contributed by atoms with Crippen LogP contribution in [0.4, 0.5) is 5.82 Å². The molecular formula is C15H22N6. The van der Waals surface area contributed by atoms with E-state index in [-0.39, 0.29) is 0 Å². The second-order valence-electron chi connectivity index (χ2n) is 5.74. The zero-order valence-corrected chi connectivity index (χ0v) is 12.7. The Kier molecular flexibility index (Phi) is 4.15. The number of nitrogens with one attached hydrogen (secondary N) is 1. The number of likely N-dealkylation sites (N-methyl/N-ethyl adjacent to an activating group) is 1. The van der Waals surface area contributed by atoms with Crippen LogP contribution < -0.4 is 5.32 Å². The van der Waals surface area contributed by atoms with E-state index >= 15 is 0 Å². The lowest BCUT2D eigenvalue weighted by Gasteiger charge is -2.29. The Balaban J connectivity index is 1.67. The molecule has 112 valence electrons. The minimum absolute atomic E-state index is 0.492. The maximum absolute atomic E-state index is 4.72. The van der Waals surface area contributed by atoms with E-state index in [1.807, 2.05) is 24.0 Å². The molecule has 21 heavy (non-hydrogen) atoms. The molecule has 2 aromatic rings. The number of aryl methyl sites for hydroxylation is 1. The van der Waals surface area contributed by atoms with Gasteiger partial charge in [0.15, 0.2) is 0 Å². The van der Waals surface area contributed by atoms with Crippen molar-refractivity contribution in [3.05, 3.63) is 36.3 Å². The number of imidazole rings is 1. The van der Waals surface area contributed by atoms with Gasteiger partial charge in [-0.25, -0.2) is 9.97 Å². The first-order valence-corrected chi connectivity index (χ1v) is 7.43. The molecule has 0 spiro atoms. The standard InChI is InChI=1S/C15H22N6/c1-20-6-3-4-12(11-20)13-8-16-9-14(19-13)18-10-15-17-5-7-21(15)2/h5,7-9,12H,3-4,6,10-11H2,1-2H3,(H,18,19). The van der Waals surface area contributed by atoms with E-state index in [1.54, 1.807) is 12.4 Å². The Hall–Kier alpha value is -1.95. The molecule has 0 aliphatic carbocycles. The molecular weight excluding hydrogens is 264 g/mol. The molecule has 6 heteroatoms. The number of piperidine rings is 1. The minimum Gasteiger partial charge on any atom is -0.362 e. The predicted molar refractivity (Wildman–Crippen MR) is 82.0 cm³/mol. The Bertz CT molecular complexity index is 593. The van der Waals surface area contributed by atoms with Gasteiger partial charge in [-0.1, -0.05) is 0 Å². The lowest BCUT2D eigenvalue weighted by atomic mass is 9.95. The lowest BCUT2D eigenvalue weighted by Crippen LogP contribution is -2.31. The highest BCUT2D eigenvalue weighted by molar-refractivity contribution is 5.32. The summed E-state index contributed by atoms with van der Waals surface area (Å²) in [4.78, 5) is 15.7. The Morgan fingerprint density at radius 2 is 2.24 bits per heavy atom. The summed E-state index contributed by atoms with van der Waals surface area (Å²) in [5.74, 6) is 2.30. The van der Waals surface area contributed by atoms with Crippen LogP contribution in [0.15, 0.2) is 24.8 Å². The smallest absolute Gasteiger partial charge is 0.145 e. The molecule has 0 radical (unpaired) electrons. The second kappa shape index (κ2) is 6.22. The molecule has 0 bridgehead atoms. The van der Waals surface area contributed by atoms with Crippen molar-refractivity contribution in [3.8, 4) is 0 Å². The van der Waals surface area contributed by atoms with Gasteiger partial charge in [-0.3, -0.25) is 4.98 Å². The van der Waals surface area contributed by atoms with Crippen LogP contribution in [-0.2, 0) is 13.6 Å². The summed E-state index contributed by atoms with van der Waals surface area (Å²) in [7, 11) is 4.16. The number of hydrogen-bond donors (Lipinski definition) is 1. The fraction of sp³-hybridized carbons (Fsp3) is 0.533. The van der Waals surface area contributed by atoms with Gasteiger partial charge in [0, 0.05) is 38.1 Å². The van der Waals surface area contributed by atoms with E-state index in [0.717, 1.165) is 23.9 Å². The SMILES string of the molecule is CN1CCCC(c2cncc(NCc3nccn3C)n2)C1. The Morgan fingerprint density at radius 3 is 3.00 bits per heavy atom. The van der Waals surface area contributed by atoms with Crippen LogP contribution in [0.3, 0.4) is 0 Å². The maximum Gasteiger partial charge on any atom is 0.145 e. The molecule has 3 heterocycles. The molecule has 1 saturated heterocycles. The van der Waals surface area contributed by atoms with Crippen LogP contribution in [0.5, 0.6) is 0 Å². The van der Waals surface area contributed by atoms with Crippen LogP contribution in [0, 0.1) is 0 Å². The quantitative estimate of drug-likeness (QED) is 0.926. The van der Waals surface area contributed by atoms with Crippen LogP contribution in [0.1, 0.15) is 30.3 Å². The largest absolute Gasteiger partial charge is 0.362 e. The third-order valence-corrected chi connectivity index (χ3v) is 4.04. The highest BCUT2D eigenvalue weighted by atomic mass is 15.1. The summed E-state index contributed by atoms with van der Waals surface area (Å²) in [6, 6.07) is 0. The highest BCUT2D eigenvalue weighted by Crippen LogP contribution is 2.24. The Labute approximate surface area is 125 Å². The number of anilines is 1. The van der Waals surface area contributed by atoms with Crippen molar-refractivity contribution in [2.24, 2.45) is 7.05 Å². The first kappa shape index (κ1) is 14.0. The second-order valence-corrected chi connectivity index (χ2v) is 5.74. The Morgan fingerprint density at radius 1 is 1.33 bits per heavy atom. The zero-order chi connectivity index (χ0) is 14.7. The van der Waals surface area contributed by atoms with E-state index in [0.29, 0.717) is 12.5 Å². The summed E-state index contributed by atoms with van der Waals surface area (Å²) in [5, 5.41) is 3.31. The van der Waals surface area contributed by atoms with Crippen LogP contribution in [-0.4, -0.2) is 44.6 Å². The first-order chi connectivity index (χ1) is 10.2. The highest BCUT2D eigenvalue weighted by Gasteiger charge is 2.20. The third kappa shape index (κ3) is 3.39. The molecule has 0 amide bonds. The monoisotopic (exact) mass is 286 g/mol. The summed E-state index contributed by atoms with van der Waals surface area (Å²) < 4.78 is 2.00. The third-order valence-electron chi connectivity index (χ3n) is 4.04. The van der Waals surface area contributed by atoms with Crippen molar-refractivity contribution in [1.29, 1.82) is 0 Å². The van der Waals surface area contributed by atoms with Gasteiger partial charge in [0.05, 0.1) is 18.4 Å².